The fourth-order valence-corrected chi connectivity index (χ4v) is 4.51. The zero-order valence-corrected chi connectivity index (χ0v) is 23.5. The maximum Gasteiger partial charge on any atom is 0.342 e. The lowest BCUT2D eigenvalue weighted by molar-refractivity contribution is -0.384. The number of nitro benzene ring substituents is 1. The van der Waals surface area contributed by atoms with Crippen LogP contribution in [-0.2, 0) is 14.3 Å². The fourth-order valence-electron chi connectivity index (χ4n) is 4.51. The summed E-state index contributed by atoms with van der Waals surface area (Å²) < 4.78 is 5.75. The Kier molecular flexibility index (Phi) is 11.6. The van der Waals surface area contributed by atoms with E-state index in [9.17, 15) is 19.7 Å². The summed E-state index contributed by atoms with van der Waals surface area (Å²) in [6.07, 6.45) is 2.21. The number of nitro groups is 1. The molecule has 0 aliphatic heterocycles. The van der Waals surface area contributed by atoms with Crippen LogP contribution >= 0.6 is 12.4 Å². The molecule has 3 aromatic rings. The summed E-state index contributed by atoms with van der Waals surface area (Å²) in [7, 11) is 1.98. The molecule has 0 amide bonds. The van der Waals surface area contributed by atoms with E-state index in [0.717, 1.165) is 13.0 Å². The molecule has 7 nitrogen and oxygen atoms in total. The van der Waals surface area contributed by atoms with Crippen molar-refractivity contribution < 1.29 is 19.2 Å². The highest BCUT2D eigenvalue weighted by molar-refractivity contribution is 6.19. The number of carbonyl (C=O) groups is 2. The molecule has 206 valence electrons. The van der Waals surface area contributed by atoms with Crippen LogP contribution in [0.4, 0.5) is 5.69 Å². The molecule has 0 atom stereocenters. The smallest absolute Gasteiger partial charge is 0.342 e. The van der Waals surface area contributed by atoms with E-state index in [1.165, 1.54) is 42.3 Å². The number of nitrogens with zero attached hydrogens (tertiary/aromatic N) is 2. The Hall–Kier alpha value is -3.81. The van der Waals surface area contributed by atoms with Crippen LogP contribution in [0.25, 0.3) is 6.08 Å². The third-order valence-electron chi connectivity index (χ3n) is 6.21. The predicted octanol–water partition coefficient (Wildman–Crippen LogP) is 6.46. The van der Waals surface area contributed by atoms with Gasteiger partial charge in [-0.3, -0.25) is 14.9 Å². The third kappa shape index (κ3) is 9.46. The summed E-state index contributed by atoms with van der Waals surface area (Å²) in [5.74, 6) is -0.999. The fraction of sp³-hybridized carbons (Fsp3) is 0.290. The SMILES string of the molecule is CC(=O)/C(=C/c1cccc([N+](=O)[O-])c1)C(=O)OC(C)(C)CN(C)CCC(c1ccccc1)c1ccccc1.Cl. The predicted molar refractivity (Wildman–Crippen MR) is 156 cm³/mol. The molecule has 0 aliphatic carbocycles. The second-order valence-electron chi connectivity index (χ2n) is 10.0. The Bertz CT molecular complexity index is 1250. The van der Waals surface area contributed by atoms with Gasteiger partial charge in [-0.15, -0.1) is 12.4 Å². The Labute approximate surface area is 236 Å². The largest absolute Gasteiger partial charge is 0.455 e. The Morgan fingerprint density at radius 1 is 0.974 bits per heavy atom. The maximum atomic E-state index is 13.0. The molecular formula is C31H35ClN2O5. The van der Waals surface area contributed by atoms with Crippen molar-refractivity contribution in [3.8, 4) is 0 Å². The average molecular weight is 551 g/mol. The van der Waals surface area contributed by atoms with E-state index in [4.69, 9.17) is 4.74 Å². The van der Waals surface area contributed by atoms with E-state index in [1.807, 2.05) is 43.4 Å². The second-order valence-corrected chi connectivity index (χ2v) is 10.0. The zero-order valence-electron chi connectivity index (χ0n) is 22.7. The number of likely N-dealkylation sites (N-methyl/N-ethyl adjacent to an activating group) is 1. The van der Waals surface area contributed by atoms with E-state index < -0.39 is 22.3 Å². The molecule has 0 aliphatic rings. The summed E-state index contributed by atoms with van der Waals surface area (Å²) >= 11 is 0. The minimum Gasteiger partial charge on any atom is -0.455 e. The van der Waals surface area contributed by atoms with Crippen LogP contribution in [-0.4, -0.2) is 47.3 Å². The minimum atomic E-state index is -0.877. The lowest BCUT2D eigenvalue weighted by Crippen LogP contribution is -2.41. The standard InChI is InChI=1S/C31H34N2O5.ClH/c1-23(34)29(21-24-12-11-17-27(20-24)33(36)37)30(35)38-31(2,3)22-32(4)19-18-28(25-13-7-5-8-14-25)26-15-9-6-10-16-26;/h5-17,20-21,28H,18-19,22H2,1-4H3;1H/b29-21-;. The Morgan fingerprint density at radius 3 is 2.05 bits per heavy atom. The molecule has 8 heteroatoms. The topological polar surface area (TPSA) is 89.8 Å². The van der Waals surface area contributed by atoms with Gasteiger partial charge >= 0.3 is 5.97 Å². The molecule has 3 rings (SSSR count). The summed E-state index contributed by atoms with van der Waals surface area (Å²) in [5, 5.41) is 11.1. The average Bonchev–Trinajstić information content (AvgIpc) is 2.88. The molecule has 0 spiro atoms. The van der Waals surface area contributed by atoms with Crippen LogP contribution in [0.15, 0.2) is 90.5 Å². The van der Waals surface area contributed by atoms with Gasteiger partial charge in [0.15, 0.2) is 5.78 Å². The number of hydrogen-bond donors (Lipinski definition) is 0. The Morgan fingerprint density at radius 2 is 1.54 bits per heavy atom. The molecule has 0 aromatic heterocycles. The first kappa shape index (κ1) is 31.4. The van der Waals surface area contributed by atoms with Gasteiger partial charge in [0.05, 0.1) is 4.92 Å². The van der Waals surface area contributed by atoms with E-state index in [2.05, 4.69) is 29.2 Å². The molecule has 0 N–H and O–H groups in total. The number of Topliss-reactive ketones (excluding diaryl/α,β-unsaturated/α-hetero) is 1. The van der Waals surface area contributed by atoms with Crippen LogP contribution < -0.4 is 0 Å². The van der Waals surface area contributed by atoms with Gasteiger partial charge in [-0.05, 0) is 63.6 Å². The lowest BCUT2D eigenvalue weighted by Gasteiger charge is -2.31. The van der Waals surface area contributed by atoms with E-state index >= 15 is 0 Å². The van der Waals surface area contributed by atoms with Crippen molar-refractivity contribution in [2.45, 2.75) is 38.7 Å². The van der Waals surface area contributed by atoms with E-state index in [-0.39, 0.29) is 29.6 Å². The van der Waals surface area contributed by atoms with Crippen molar-refractivity contribution >= 4 is 35.9 Å². The van der Waals surface area contributed by atoms with Crippen molar-refractivity contribution in [2.75, 3.05) is 20.1 Å². The number of ether oxygens (including phenoxy) is 1. The monoisotopic (exact) mass is 550 g/mol. The van der Waals surface area contributed by atoms with E-state index in [1.54, 1.807) is 19.9 Å². The first-order valence-corrected chi connectivity index (χ1v) is 12.5. The van der Waals surface area contributed by atoms with Gasteiger partial charge in [0, 0.05) is 24.6 Å². The molecule has 3 aromatic carbocycles. The number of hydrogen-bond acceptors (Lipinski definition) is 6. The molecule has 0 saturated carbocycles. The van der Waals surface area contributed by atoms with Crippen molar-refractivity contribution in [1.82, 2.24) is 4.90 Å². The molecule has 39 heavy (non-hydrogen) atoms. The van der Waals surface area contributed by atoms with Gasteiger partial charge in [-0.25, -0.2) is 4.79 Å². The maximum absolute atomic E-state index is 13.0. The highest BCUT2D eigenvalue weighted by Crippen LogP contribution is 2.28. The number of non-ortho nitro benzene ring substituents is 1. The van der Waals surface area contributed by atoms with Gasteiger partial charge in [-0.1, -0.05) is 72.8 Å². The summed E-state index contributed by atoms with van der Waals surface area (Å²) in [6, 6.07) is 26.5. The van der Waals surface area contributed by atoms with Gasteiger partial charge in [-0.2, -0.15) is 0 Å². The van der Waals surface area contributed by atoms with Gasteiger partial charge in [0.1, 0.15) is 11.2 Å². The number of esters is 1. The summed E-state index contributed by atoms with van der Waals surface area (Å²) in [6.45, 7) is 6.10. The molecule has 0 bridgehead atoms. The molecule has 0 radical (unpaired) electrons. The van der Waals surface area contributed by atoms with Crippen molar-refractivity contribution in [2.24, 2.45) is 0 Å². The molecule has 0 fully saturated rings. The lowest BCUT2D eigenvalue weighted by atomic mass is 9.88. The van der Waals surface area contributed by atoms with Crippen LogP contribution in [0.5, 0.6) is 0 Å². The number of rotatable bonds is 12. The van der Waals surface area contributed by atoms with Crippen LogP contribution in [0, 0.1) is 10.1 Å². The van der Waals surface area contributed by atoms with Crippen LogP contribution in [0.3, 0.4) is 0 Å². The minimum absolute atomic E-state index is 0. The molecule has 0 saturated heterocycles. The Balaban J connectivity index is 0.00000533. The highest BCUT2D eigenvalue weighted by Gasteiger charge is 2.28. The third-order valence-corrected chi connectivity index (χ3v) is 6.21. The van der Waals surface area contributed by atoms with Crippen molar-refractivity contribution in [1.29, 1.82) is 0 Å². The second kappa shape index (κ2) is 14.4. The van der Waals surface area contributed by atoms with Gasteiger partial charge in [0.25, 0.3) is 5.69 Å². The van der Waals surface area contributed by atoms with Crippen LogP contribution in [0.2, 0.25) is 0 Å². The number of benzene rings is 3. The zero-order chi connectivity index (χ0) is 27.7. The van der Waals surface area contributed by atoms with Crippen molar-refractivity contribution in [3.63, 3.8) is 0 Å². The summed E-state index contributed by atoms with van der Waals surface area (Å²) in [4.78, 5) is 37.9. The van der Waals surface area contributed by atoms with E-state index in [0.29, 0.717) is 12.1 Å². The number of ketones is 1. The highest BCUT2D eigenvalue weighted by atomic mass is 35.5. The van der Waals surface area contributed by atoms with Gasteiger partial charge in [0.2, 0.25) is 0 Å². The normalized spacial score (nSPS) is 11.7. The number of halogens is 1. The van der Waals surface area contributed by atoms with Crippen LogP contribution in [0.1, 0.15) is 49.8 Å². The first-order chi connectivity index (χ1) is 18.1. The van der Waals surface area contributed by atoms with Gasteiger partial charge < -0.3 is 9.64 Å². The molecule has 0 unspecified atom stereocenters. The molecule has 0 heterocycles. The van der Waals surface area contributed by atoms with Crippen molar-refractivity contribution in [3.05, 3.63) is 117 Å². The first-order valence-electron chi connectivity index (χ1n) is 12.5. The summed E-state index contributed by atoms with van der Waals surface area (Å²) in [5.41, 5.74) is 1.71. The molecular weight excluding hydrogens is 516 g/mol. The number of carbonyl (C=O) groups excluding carboxylic acids is 2. The quantitative estimate of drug-likeness (QED) is 0.0641.